The lowest BCUT2D eigenvalue weighted by atomic mass is 10.2. The number of isocyanates is 1. The number of rotatable bonds is 1. The van der Waals surface area contributed by atoms with Crippen LogP contribution in [0, 0.1) is 5.41 Å². The maximum atomic E-state index is 8.35. The van der Waals surface area contributed by atoms with Crippen molar-refractivity contribution >= 4 is 17.7 Å². The molecule has 0 radical (unpaired) electrons. The van der Waals surface area contributed by atoms with Gasteiger partial charge in [0.15, 0.2) is 0 Å². The molecule has 0 saturated carbocycles. The summed E-state index contributed by atoms with van der Waals surface area (Å²) in [4.78, 5) is 8.35. The summed E-state index contributed by atoms with van der Waals surface area (Å²) in [5, 5.41) is 5.40. The molecule has 0 unspecified atom stereocenters. The Morgan fingerprint density at radius 3 is 2.09 bits per heavy atom. The largest absolute Gasteiger partial charge is 0.231 e. The van der Waals surface area contributed by atoms with Crippen LogP contribution in [0.25, 0.3) is 0 Å². The van der Waals surface area contributed by atoms with Gasteiger partial charge in [-0.1, -0.05) is 30.3 Å². The Balaban J connectivity index is 0.000000292. The first kappa shape index (κ1) is 9.89. The third kappa shape index (κ3) is 5.34. The Morgan fingerprint density at radius 2 is 1.82 bits per heavy atom. The molecule has 0 aliphatic rings. The molecule has 2 nitrogen and oxygen atoms in total. The zero-order chi connectivity index (χ0) is 8.53. The normalized spacial score (nSPS) is 7.36. The summed E-state index contributed by atoms with van der Waals surface area (Å²) < 4.78 is 0. The van der Waals surface area contributed by atoms with E-state index in [0.717, 1.165) is 6.08 Å². The molecule has 0 spiro atoms. The maximum Gasteiger partial charge on any atom is 0.231 e. The summed E-state index contributed by atoms with van der Waals surface area (Å²) in [5.74, 6) is 0.612. The van der Waals surface area contributed by atoms with Crippen molar-refractivity contribution in [1.82, 2.24) is 0 Å². The molecule has 0 aliphatic carbocycles. The van der Waals surface area contributed by atoms with Crippen LogP contribution in [0.1, 0.15) is 5.56 Å². The van der Waals surface area contributed by atoms with Gasteiger partial charge in [-0.3, -0.25) is 0 Å². The van der Waals surface area contributed by atoms with Crippen LogP contribution < -0.4 is 0 Å². The van der Waals surface area contributed by atoms with Crippen molar-refractivity contribution in [3.05, 3.63) is 35.9 Å². The summed E-state index contributed by atoms with van der Waals surface area (Å²) in [6.07, 6.45) is 0.750. The molecule has 1 rings (SSSR count). The van der Waals surface area contributed by atoms with Gasteiger partial charge >= 0.3 is 0 Å². The van der Waals surface area contributed by atoms with Gasteiger partial charge in [-0.15, -0.1) is 11.6 Å². The van der Waals surface area contributed by atoms with Crippen LogP contribution in [0.15, 0.2) is 30.3 Å². The van der Waals surface area contributed by atoms with Crippen molar-refractivity contribution in [2.75, 3.05) is 0 Å². The second kappa shape index (κ2) is 7.00. The van der Waals surface area contributed by atoms with E-state index >= 15 is 0 Å². The topological polar surface area (TPSA) is 40.9 Å². The number of hydrogen-bond donors (Lipinski definition) is 1. The van der Waals surface area contributed by atoms with Crippen LogP contribution in [0.5, 0.6) is 0 Å². The standard InChI is InChI=1S/C7H7Cl.CHNO/c8-6-7-4-2-1-3-5-7;2-1-3/h1-5H,6H2;2H. The Labute approximate surface area is 70.3 Å². The molecule has 0 aromatic heterocycles. The minimum atomic E-state index is 0.612. The highest BCUT2D eigenvalue weighted by atomic mass is 35.5. The monoisotopic (exact) mass is 169 g/mol. The van der Waals surface area contributed by atoms with E-state index < -0.39 is 0 Å². The summed E-state index contributed by atoms with van der Waals surface area (Å²) in [6, 6.07) is 9.96. The molecule has 0 bridgehead atoms. The molecule has 0 amide bonds. The van der Waals surface area contributed by atoms with Crippen molar-refractivity contribution in [2.45, 2.75) is 5.88 Å². The van der Waals surface area contributed by atoms with Gasteiger partial charge in [-0.25, -0.2) is 10.2 Å². The number of hydrogen-bond acceptors (Lipinski definition) is 2. The van der Waals surface area contributed by atoms with Crippen molar-refractivity contribution in [3.63, 3.8) is 0 Å². The first-order valence-corrected chi connectivity index (χ1v) is 3.52. The fraction of sp³-hybridized carbons (Fsp3) is 0.125. The lowest BCUT2D eigenvalue weighted by Crippen LogP contribution is -1.71. The molecule has 0 atom stereocenters. The van der Waals surface area contributed by atoms with E-state index in [-0.39, 0.29) is 0 Å². The maximum absolute atomic E-state index is 8.35. The van der Waals surface area contributed by atoms with E-state index in [9.17, 15) is 0 Å². The van der Waals surface area contributed by atoms with E-state index in [2.05, 4.69) is 0 Å². The first-order chi connectivity index (χ1) is 5.35. The third-order valence-corrected chi connectivity index (χ3v) is 1.31. The highest BCUT2D eigenvalue weighted by Crippen LogP contribution is 2.00. The molecule has 0 saturated heterocycles. The van der Waals surface area contributed by atoms with E-state index in [1.807, 2.05) is 30.3 Å². The average molecular weight is 170 g/mol. The van der Waals surface area contributed by atoms with Crippen LogP contribution >= 0.6 is 11.6 Å². The van der Waals surface area contributed by atoms with Crippen LogP contribution in [0.2, 0.25) is 0 Å². The Hall–Kier alpha value is -1.11. The molecular formula is C8H8ClNO. The minimum Gasteiger partial charge on any atom is -0.222 e. The van der Waals surface area contributed by atoms with Gasteiger partial charge in [-0.2, -0.15) is 0 Å². The predicted octanol–water partition coefficient (Wildman–Crippen LogP) is 2.33. The van der Waals surface area contributed by atoms with Gasteiger partial charge in [0.1, 0.15) is 0 Å². The van der Waals surface area contributed by atoms with E-state index in [1.54, 1.807) is 0 Å². The summed E-state index contributed by atoms with van der Waals surface area (Å²) in [5.41, 5.74) is 1.18. The van der Waals surface area contributed by atoms with Gasteiger partial charge in [0, 0.05) is 5.88 Å². The van der Waals surface area contributed by atoms with Gasteiger partial charge in [-0.05, 0) is 5.56 Å². The third-order valence-electron chi connectivity index (χ3n) is 0.997. The highest BCUT2D eigenvalue weighted by Gasteiger charge is 1.81. The predicted molar refractivity (Wildman–Crippen MR) is 44.4 cm³/mol. The molecule has 0 fully saturated rings. The molecule has 1 N–H and O–H groups in total. The Morgan fingerprint density at radius 1 is 1.36 bits per heavy atom. The molecule has 11 heavy (non-hydrogen) atoms. The number of benzene rings is 1. The van der Waals surface area contributed by atoms with Gasteiger partial charge in [0.2, 0.25) is 6.08 Å². The number of alkyl halides is 1. The zero-order valence-corrected chi connectivity index (χ0v) is 6.64. The van der Waals surface area contributed by atoms with Crippen LogP contribution in [0.3, 0.4) is 0 Å². The SMILES string of the molecule is ClCc1ccccc1.N=C=O. The molecule has 58 valence electrons. The smallest absolute Gasteiger partial charge is 0.222 e. The second-order valence-electron chi connectivity index (χ2n) is 1.72. The van der Waals surface area contributed by atoms with Gasteiger partial charge in [0.25, 0.3) is 0 Å². The lowest BCUT2D eigenvalue weighted by molar-refractivity contribution is 0.563. The highest BCUT2D eigenvalue weighted by molar-refractivity contribution is 6.17. The molecule has 0 aliphatic heterocycles. The number of nitrogens with one attached hydrogen (secondary N) is 1. The first-order valence-electron chi connectivity index (χ1n) is 2.99. The van der Waals surface area contributed by atoms with Crippen LogP contribution in [-0.2, 0) is 10.7 Å². The van der Waals surface area contributed by atoms with Gasteiger partial charge < -0.3 is 0 Å². The quantitative estimate of drug-likeness (QED) is 0.391. The van der Waals surface area contributed by atoms with Crippen LogP contribution in [0.4, 0.5) is 0 Å². The molecule has 1 aromatic rings. The molecule has 0 heterocycles. The summed E-state index contributed by atoms with van der Waals surface area (Å²) >= 11 is 5.53. The Bertz CT molecular complexity index is 217. The van der Waals surface area contributed by atoms with Crippen molar-refractivity contribution in [1.29, 1.82) is 5.41 Å². The lowest BCUT2D eigenvalue weighted by Gasteiger charge is -1.88. The van der Waals surface area contributed by atoms with E-state index in [0.29, 0.717) is 5.88 Å². The fourth-order valence-corrected chi connectivity index (χ4v) is 0.745. The fourth-order valence-electron chi connectivity index (χ4n) is 0.567. The van der Waals surface area contributed by atoms with E-state index in [4.69, 9.17) is 21.8 Å². The summed E-state index contributed by atoms with van der Waals surface area (Å²) in [6.45, 7) is 0. The number of carbonyl (C=O) groups excluding carboxylic acids is 1. The number of halogens is 1. The van der Waals surface area contributed by atoms with E-state index in [1.165, 1.54) is 5.56 Å². The molecule has 3 heteroatoms. The second-order valence-corrected chi connectivity index (χ2v) is 1.99. The zero-order valence-electron chi connectivity index (χ0n) is 5.88. The molecule has 1 aromatic carbocycles. The minimum absolute atomic E-state index is 0.612. The van der Waals surface area contributed by atoms with Crippen molar-refractivity contribution < 1.29 is 4.79 Å². The van der Waals surface area contributed by atoms with Gasteiger partial charge in [0.05, 0.1) is 0 Å². The Kier molecular flexibility index (Phi) is 6.30. The van der Waals surface area contributed by atoms with Crippen LogP contribution in [-0.4, -0.2) is 6.08 Å². The summed E-state index contributed by atoms with van der Waals surface area (Å²) in [7, 11) is 0. The average Bonchev–Trinajstić information content (AvgIpc) is 2.08. The van der Waals surface area contributed by atoms with Crippen molar-refractivity contribution in [2.24, 2.45) is 0 Å². The molecular weight excluding hydrogens is 162 g/mol. The van der Waals surface area contributed by atoms with Crippen molar-refractivity contribution in [3.8, 4) is 0 Å².